The molecule has 0 radical (unpaired) electrons. The lowest BCUT2D eigenvalue weighted by Crippen LogP contribution is -2.39. The van der Waals surface area contributed by atoms with Crippen LogP contribution in [-0.4, -0.2) is 48.2 Å². The predicted molar refractivity (Wildman–Crippen MR) is 122 cm³/mol. The summed E-state index contributed by atoms with van der Waals surface area (Å²) in [5.74, 6) is -0.292. The van der Waals surface area contributed by atoms with Gasteiger partial charge in [-0.15, -0.1) is 35.3 Å². The standard InChI is InChI=1S/C18H30N4O4S.HI/c1-8-19-17(20-10-13(23)26-18(5,6)7)22-12(4)15-21-11(3)14(27-15)16(24)25-9-2;/h12H,8-10H2,1-7H3,(H2,19,20,22);1H. The van der Waals surface area contributed by atoms with Crippen LogP contribution in [0.5, 0.6) is 0 Å². The number of thiazole rings is 1. The minimum absolute atomic E-state index is 0. The van der Waals surface area contributed by atoms with E-state index in [0.717, 1.165) is 5.01 Å². The van der Waals surface area contributed by atoms with E-state index in [2.05, 4.69) is 20.6 Å². The van der Waals surface area contributed by atoms with Crippen molar-refractivity contribution in [2.45, 2.75) is 60.1 Å². The lowest BCUT2D eigenvalue weighted by Gasteiger charge is -2.19. The van der Waals surface area contributed by atoms with Crippen molar-refractivity contribution in [1.29, 1.82) is 0 Å². The summed E-state index contributed by atoms with van der Waals surface area (Å²) in [6.07, 6.45) is 0. The molecule has 1 unspecified atom stereocenters. The van der Waals surface area contributed by atoms with Crippen molar-refractivity contribution >= 4 is 53.2 Å². The van der Waals surface area contributed by atoms with Gasteiger partial charge in [0.2, 0.25) is 0 Å². The summed E-state index contributed by atoms with van der Waals surface area (Å²) in [6, 6.07) is -0.201. The molecule has 0 bridgehead atoms. The molecule has 0 saturated carbocycles. The average Bonchev–Trinajstić information content (AvgIpc) is 2.93. The maximum Gasteiger partial charge on any atom is 0.350 e. The molecule has 0 aliphatic heterocycles. The number of halogens is 1. The lowest BCUT2D eigenvalue weighted by molar-refractivity contribution is -0.152. The Bertz CT molecular complexity index is 686. The number of ether oxygens (including phenoxy) is 2. The molecule has 0 fully saturated rings. The van der Waals surface area contributed by atoms with Crippen molar-refractivity contribution in [2.75, 3.05) is 19.7 Å². The zero-order chi connectivity index (χ0) is 20.6. The number of aliphatic imine (C=N–C) groups is 1. The number of carbonyl (C=O) groups excluding carboxylic acids is 2. The first-order valence-electron chi connectivity index (χ1n) is 8.98. The van der Waals surface area contributed by atoms with Gasteiger partial charge in [0.05, 0.1) is 18.3 Å². The highest BCUT2D eigenvalue weighted by Gasteiger charge is 2.20. The number of hydrogen-bond donors (Lipinski definition) is 2. The van der Waals surface area contributed by atoms with E-state index in [9.17, 15) is 9.59 Å². The second-order valence-corrected chi connectivity index (χ2v) is 7.87. The Labute approximate surface area is 187 Å². The SMILES string of the molecule is CCNC(=NCC(=O)OC(C)(C)C)NC(C)c1nc(C)c(C(=O)OCC)s1.I. The molecule has 0 amide bonds. The highest BCUT2D eigenvalue weighted by atomic mass is 127. The van der Waals surface area contributed by atoms with Gasteiger partial charge in [-0.2, -0.15) is 0 Å². The second kappa shape index (κ2) is 12.2. The van der Waals surface area contributed by atoms with Crippen molar-refractivity contribution in [2.24, 2.45) is 4.99 Å². The van der Waals surface area contributed by atoms with Crippen LogP contribution in [0.4, 0.5) is 0 Å². The van der Waals surface area contributed by atoms with Gasteiger partial charge in [-0.25, -0.2) is 14.8 Å². The van der Waals surface area contributed by atoms with E-state index in [-0.39, 0.29) is 42.5 Å². The quantitative estimate of drug-likeness (QED) is 0.244. The van der Waals surface area contributed by atoms with Gasteiger partial charge in [-0.3, -0.25) is 4.79 Å². The predicted octanol–water partition coefficient (Wildman–Crippen LogP) is 3.20. The number of aromatic nitrogens is 1. The first kappa shape index (κ1) is 26.6. The zero-order valence-electron chi connectivity index (χ0n) is 17.5. The van der Waals surface area contributed by atoms with E-state index in [4.69, 9.17) is 9.47 Å². The minimum Gasteiger partial charge on any atom is -0.462 e. The Morgan fingerprint density at radius 2 is 1.93 bits per heavy atom. The lowest BCUT2D eigenvalue weighted by atomic mass is 10.2. The molecule has 0 aliphatic carbocycles. The number of aryl methyl sites for hydroxylation is 1. The molecule has 2 N–H and O–H groups in total. The van der Waals surface area contributed by atoms with Crippen LogP contribution in [-0.2, 0) is 14.3 Å². The molecule has 1 atom stereocenters. The van der Waals surface area contributed by atoms with Crippen LogP contribution in [0, 0.1) is 6.92 Å². The van der Waals surface area contributed by atoms with Gasteiger partial charge in [-0.1, -0.05) is 0 Å². The fourth-order valence-electron chi connectivity index (χ4n) is 2.09. The molecule has 0 aromatic carbocycles. The first-order valence-corrected chi connectivity index (χ1v) is 9.80. The summed E-state index contributed by atoms with van der Waals surface area (Å²) in [5, 5.41) is 7.01. The highest BCUT2D eigenvalue weighted by molar-refractivity contribution is 14.0. The highest BCUT2D eigenvalue weighted by Crippen LogP contribution is 2.24. The molecule has 0 aliphatic rings. The third kappa shape index (κ3) is 9.18. The normalized spacial score (nSPS) is 12.6. The Morgan fingerprint density at radius 1 is 1.29 bits per heavy atom. The second-order valence-electron chi connectivity index (χ2n) is 6.83. The smallest absolute Gasteiger partial charge is 0.350 e. The van der Waals surface area contributed by atoms with Gasteiger partial charge in [0.25, 0.3) is 0 Å². The van der Waals surface area contributed by atoms with E-state index in [1.54, 1.807) is 13.8 Å². The Balaban J connectivity index is 0.00000729. The molecule has 10 heteroatoms. The zero-order valence-corrected chi connectivity index (χ0v) is 20.7. The number of rotatable bonds is 7. The molecule has 1 aromatic rings. The van der Waals surface area contributed by atoms with Crippen molar-refractivity contribution in [3.63, 3.8) is 0 Å². The van der Waals surface area contributed by atoms with Gasteiger partial charge in [0, 0.05) is 6.54 Å². The molecular formula is C18H31IN4O4S. The fraction of sp³-hybridized carbons (Fsp3) is 0.667. The van der Waals surface area contributed by atoms with E-state index < -0.39 is 11.6 Å². The third-order valence-electron chi connectivity index (χ3n) is 3.13. The third-order valence-corrected chi connectivity index (χ3v) is 4.45. The molecule has 28 heavy (non-hydrogen) atoms. The number of nitrogens with zero attached hydrogens (tertiary/aromatic N) is 2. The van der Waals surface area contributed by atoms with Crippen molar-refractivity contribution < 1.29 is 19.1 Å². The number of carbonyl (C=O) groups is 2. The number of hydrogen-bond acceptors (Lipinski definition) is 7. The van der Waals surface area contributed by atoms with Crippen LogP contribution in [0.3, 0.4) is 0 Å². The maximum atomic E-state index is 12.0. The van der Waals surface area contributed by atoms with Gasteiger partial charge >= 0.3 is 11.9 Å². The molecule has 0 saturated heterocycles. The summed E-state index contributed by atoms with van der Waals surface area (Å²) in [4.78, 5) is 33.0. The topological polar surface area (TPSA) is 102 Å². The van der Waals surface area contributed by atoms with E-state index in [1.807, 2.05) is 34.6 Å². The summed E-state index contributed by atoms with van der Waals surface area (Å²) in [6.45, 7) is 13.7. The molecule has 0 spiro atoms. The minimum atomic E-state index is -0.548. The average molecular weight is 526 g/mol. The van der Waals surface area contributed by atoms with Crippen molar-refractivity contribution in [3.8, 4) is 0 Å². The number of nitrogens with one attached hydrogen (secondary N) is 2. The van der Waals surface area contributed by atoms with Crippen LogP contribution in [0.25, 0.3) is 0 Å². The molecule has 1 heterocycles. The van der Waals surface area contributed by atoms with Gasteiger partial charge < -0.3 is 20.1 Å². The molecule has 1 aromatic heterocycles. The van der Waals surface area contributed by atoms with Crippen LogP contribution in [0.2, 0.25) is 0 Å². The Morgan fingerprint density at radius 3 is 2.46 bits per heavy atom. The first-order chi connectivity index (χ1) is 12.6. The number of guanidine groups is 1. The summed E-state index contributed by atoms with van der Waals surface area (Å²) in [7, 11) is 0. The van der Waals surface area contributed by atoms with Crippen LogP contribution >= 0.6 is 35.3 Å². The Hall–Kier alpha value is -1.43. The van der Waals surface area contributed by atoms with Gasteiger partial charge in [-0.05, 0) is 48.5 Å². The van der Waals surface area contributed by atoms with Crippen LogP contribution < -0.4 is 10.6 Å². The summed E-state index contributed by atoms with van der Waals surface area (Å²) in [5.41, 5.74) is 0.0888. The monoisotopic (exact) mass is 526 g/mol. The summed E-state index contributed by atoms with van der Waals surface area (Å²) >= 11 is 1.29. The fourth-order valence-corrected chi connectivity index (χ4v) is 3.06. The van der Waals surface area contributed by atoms with Crippen molar-refractivity contribution in [1.82, 2.24) is 15.6 Å². The van der Waals surface area contributed by atoms with Crippen molar-refractivity contribution in [3.05, 3.63) is 15.6 Å². The largest absolute Gasteiger partial charge is 0.462 e. The summed E-state index contributed by atoms with van der Waals surface area (Å²) < 4.78 is 10.3. The Kier molecular flexibility index (Phi) is 11.6. The van der Waals surface area contributed by atoms with Crippen LogP contribution in [0.1, 0.15) is 68.0 Å². The molecule has 1 rings (SSSR count). The van der Waals surface area contributed by atoms with Crippen LogP contribution in [0.15, 0.2) is 4.99 Å². The maximum absolute atomic E-state index is 12.0. The van der Waals surface area contributed by atoms with Gasteiger partial charge in [0.1, 0.15) is 22.0 Å². The van der Waals surface area contributed by atoms with E-state index >= 15 is 0 Å². The number of esters is 2. The van der Waals surface area contributed by atoms with E-state index in [1.165, 1.54) is 11.3 Å². The molecule has 8 nitrogen and oxygen atoms in total. The molecular weight excluding hydrogens is 495 g/mol. The van der Waals surface area contributed by atoms with Gasteiger partial charge in [0.15, 0.2) is 5.96 Å². The molecule has 160 valence electrons. The van der Waals surface area contributed by atoms with E-state index in [0.29, 0.717) is 29.7 Å².